The van der Waals surface area contributed by atoms with Crippen molar-refractivity contribution in [1.82, 2.24) is 10.3 Å². The molecular weight excluding hydrogens is 240 g/mol. The smallest absolute Gasteiger partial charge is 0.109 e. The van der Waals surface area contributed by atoms with Crippen molar-refractivity contribution in [2.24, 2.45) is 0 Å². The molecule has 0 aliphatic carbocycles. The third-order valence-electron chi connectivity index (χ3n) is 2.81. The molecule has 18 heavy (non-hydrogen) atoms. The van der Waals surface area contributed by atoms with Crippen molar-refractivity contribution in [1.29, 1.82) is 0 Å². The molecule has 0 aliphatic heterocycles. The van der Waals surface area contributed by atoms with Crippen LogP contribution in [-0.4, -0.2) is 11.5 Å². The van der Waals surface area contributed by atoms with E-state index >= 15 is 0 Å². The lowest BCUT2D eigenvalue weighted by molar-refractivity contribution is 0.618. The third kappa shape index (κ3) is 3.28. The van der Waals surface area contributed by atoms with Crippen LogP contribution in [0.15, 0.2) is 43.1 Å². The average molecular weight is 258 g/mol. The summed E-state index contributed by atoms with van der Waals surface area (Å²) in [7, 11) is 0. The first-order valence-corrected chi connectivity index (χ1v) is 6.87. The maximum absolute atomic E-state index is 4.39. The van der Waals surface area contributed by atoms with Crippen LogP contribution < -0.4 is 5.32 Å². The topological polar surface area (TPSA) is 24.9 Å². The van der Waals surface area contributed by atoms with Gasteiger partial charge in [0.15, 0.2) is 0 Å². The van der Waals surface area contributed by atoms with Gasteiger partial charge in [-0.2, -0.15) is 0 Å². The summed E-state index contributed by atoms with van der Waals surface area (Å²) < 4.78 is 0. The summed E-state index contributed by atoms with van der Waals surface area (Å²) in [4.78, 5) is 5.64. The molecule has 1 aromatic carbocycles. The molecule has 1 aromatic heterocycles. The molecule has 0 saturated carbocycles. The van der Waals surface area contributed by atoms with Crippen molar-refractivity contribution >= 4 is 16.9 Å². The van der Waals surface area contributed by atoms with Gasteiger partial charge in [0.25, 0.3) is 0 Å². The normalized spacial score (nSPS) is 12.3. The number of rotatable bonds is 5. The first-order chi connectivity index (χ1) is 8.66. The predicted molar refractivity (Wildman–Crippen MR) is 78.7 cm³/mol. The summed E-state index contributed by atoms with van der Waals surface area (Å²) in [6.07, 6.45) is 1.92. The highest BCUT2D eigenvalue weighted by Gasteiger charge is 2.09. The van der Waals surface area contributed by atoms with Crippen LogP contribution in [0.1, 0.15) is 28.4 Å². The fraction of sp³-hybridized carbons (Fsp3) is 0.267. The molecule has 0 amide bonds. The van der Waals surface area contributed by atoms with Crippen LogP contribution in [0, 0.1) is 6.92 Å². The number of nitrogens with zero attached hydrogens (tertiary/aromatic N) is 1. The lowest BCUT2D eigenvalue weighted by Gasteiger charge is -2.12. The molecule has 1 unspecified atom stereocenters. The summed E-state index contributed by atoms with van der Waals surface area (Å²) >= 11 is 1.74. The standard InChI is InChI=1S/C15H18N2S/c1-11(14-7-5-4-6-8-14)9-16-13(3)15-17-10-12(2)18-15/h4-8,10,13,16H,1,9H2,2-3H3. The molecule has 0 aliphatic rings. The number of aryl methyl sites for hydroxylation is 1. The Balaban J connectivity index is 1.90. The fourth-order valence-corrected chi connectivity index (χ4v) is 2.51. The molecule has 1 N–H and O–H groups in total. The molecule has 94 valence electrons. The van der Waals surface area contributed by atoms with E-state index in [1.807, 2.05) is 24.4 Å². The highest BCUT2D eigenvalue weighted by molar-refractivity contribution is 7.11. The Bertz CT molecular complexity index is 516. The van der Waals surface area contributed by atoms with Gasteiger partial charge in [0.05, 0.1) is 6.04 Å². The minimum absolute atomic E-state index is 0.268. The van der Waals surface area contributed by atoms with Crippen LogP contribution in [-0.2, 0) is 0 Å². The van der Waals surface area contributed by atoms with Gasteiger partial charge in [0.1, 0.15) is 5.01 Å². The molecule has 2 rings (SSSR count). The maximum Gasteiger partial charge on any atom is 0.109 e. The van der Waals surface area contributed by atoms with Crippen molar-refractivity contribution in [3.63, 3.8) is 0 Å². The third-order valence-corrected chi connectivity index (χ3v) is 3.91. The highest BCUT2D eigenvalue weighted by atomic mass is 32.1. The summed E-state index contributed by atoms with van der Waals surface area (Å²) in [5.74, 6) is 0. The van der Waals surface area contributed by atoms with Gasteiger partial charge in [-0.05, 0) is 25.0 Å². The summed E-state index contributed by atoms with van der Waals surface area (Å²) in [5.41, 5.74) is 2.29. The molecule has 2 nitrogen and oxygen atoms in total. The molecule has 1 atom stereocenters. The van der Waals surface area contributed by atoms with Crippen molar-refractivity contribution < 1.29 is 0 Å². The molecule has 0 bridgehead atoms. The van der Waals surface area contributed by atoms with E-state index in [0.717, 1.165) is 17.1 Å². The molecule has 0 fully saturated rings. The second kappa shape index (κ2) is 5.94. The summed E-state index contributed by atoms with van der Waals surface area (Å²) in [6.45, 7) is 9.11. The van der Waals surface area contributed by atoms with E-state index in [0.29, 0.717) is 0 Å². The van der Waals surface area contributed by atoms with Crippen LogP contribution in [0.5, 0.6) is 0 Å². The Morgan fingerprint density at radius 1 is 1.39 bits per heavy atom. The minimum atomic E-state index is 0.268. The number of thiazole rings is 1. The zero-order chi connectivity index (χ0) is 13.0. The number of aromatic nitrogens is 1. The largest absolute Gasteiger partial charge is 0.304 e. The van der Waals surface area contributed by atoms with Crippen molar-refractivity contribution in [3.05, 3.63) is 58.6 Å². The molecule has 0 saturated heterocycles. The Kier molecular flexibility index (Phi) is 4.28. The molecular formula is C15H18N2S. The van der Waals surface area contributed by atoms with Gasteiger partial charge in [-0.3, -0.25) is 0 Å². The van der Waals surface area contributed by atoms with Crippen LogP contribution in [0.4, 0.5) is 0 Å². The molecule has 3 heteroatoms. The van der Waals surface area contributed by atoms with Gasteiger partial charge in [-0.25, -0.2) is 4.98 Å². The highest BCUT2D eigenvalue weighted by Crippen LogP contribution is 2.19. The quantitative estimate of drug-likeness (QED) is 0.882. The van der Waals surface area contributed by atoms with Gasteiger partial charge < -0.3 is 5.32 Å². The van der Waals surface area contributed by atoms with Crippen molar-refractivity contribution in [3.8, 4) is 0 Å². The summed E-state index contributed by atoms with van der Waals surface area (Å²) in [5, 5.41) is 4.59. The number of hydrogen-bond acceptors (Lipinski definition) is 3. The second-order valence-corrected chi connectivity index (χ2v) is 5.65. The van der Waals surface area contributed by atoms with Crippen LogP contribution in [0.2, 0.25) is 0 Å². The van der Waals surface area contributed by atoms with Gasteiger partial charge in [0, 0.05) is 17.6 Å². The Hall–Kier alpha value is -1.45. The minimum Gasteiger partial charge on any atom is -0.304 e. The van der Waals surface area contributed by atoms with Crippen LogP contribution in [0.25, 0.3) is 5.57 Å². The first-order valence-electron chi connectivity index (χ1n) is 6.05. The molecule has 2 aromatic rings. The lowest BCUT2D eigenvalue weighted by atomic mass is 10.1. The number of benzene rings is 1. The number of nitrogens with one attached hydrogen (secondary N) is 1. The Morgan fingerprint density at radius 2 is 2.11 bits per heavy atom. The van der Waals surface area contributed by atoms with E-state index in [4.69, 9.17) is 0 Å². The van der Waals surface area contributed by atoms with E-state index in [9.17, 15) is 0 Å². The fourth-order valence-electron chi connectivity index (χ4n) is 1.71. The Labute approximate surface area is 112 Å². The monoisotopic (exact) mass is 258 g/mol. The van der Waals surface area contributed by atoms with Gasteiger partial charge in [-0.1, -0.05) is 36.9 Å². The molecule has 0 radical (unpaired) electrons. The maximum atomic E-state index is 4.39. The zero-order valence-corrected chi connectivity index (χ0v) is 11.6. The van der Waals surface area contributed by atoms with E-state index < -0.39 is 0 Å². The van der Waals surface area contributed by atoms with E-state index in [-0.39, 0.29) is 6.04 Å². The van der Waals surface area contributed by atoms with Gasteiger partial charge in [0.2, 0.25) is 0 Å². The summed E-state index contributed by atoms with van der Waals surface area (Å²) in [6, 6.07) is 10.5. The van der Waals surface area contributed by atoms with Crippen molar-refractivity contribution in [2.45, 2.75) is 19.9 Å². The second-order valence-electron chi connectivity index (χ2n) is 4.38. The zero-order valence-electron chi connectivity index (χ0n) is 10.8. The predicted octanol–water partition coefficient (Wildman–Crippen LogP) is 3.82. The van der Waals surface area contributed by atoms with Crippen molar-refractivity contribution in [2.75, 3.05) is 6.54 Å². The van der Waals surface area contributed by atoms with Gasteiger partial charge in [-0.15, -0.1) is 11.3 Å². The molecule has 0 spiro atoms. The van der Waals surface area contributed by atoms with Gasteiger partial charge >= 0.3 is 0 Å². The Morgan fingerprint density at radius 3 is 2.72 bits per heavy atom. The van der Waals surface area contributed by atoms with E-state index in [1.165, 1.54) is 10.4 Å². The lowest BCUT2D eigenvalue weighted by Crippen LogP contribution is -2.20. The van der Waals surface area contributed by atoms with Crippen LogP contribution in [0.3, 0.4) is 0 Å². The van der Waals surface area contributed by atoms with Crippen LogP contribution >= 0.6 is 11.3 Å². The number of hydrogen-bond donors (Lipinski definition) is 1. The average Bonchev–Trinajstić information content (AvgIpc) is 2.83. The first kappa shape index (κ1) is 13.0. The molecule has 1 heterocycles. The van der Waals surface area contributed by atoms with E-state index in [1.54, 1.807) is 11.3 Å². The van der Waals surface area contributed by atoms with E-state index in [2.05, 4.69) is 42.9 Å². The SMILES string of the molecule is C=C(CNC(C)c1ncc(C)s1)c1ccccc1.